The number of nitrogens with zero attached hydrogens (tertiary/aromatic N) is 2. The van der Waals surface area contributed by atoms with Crippen LogP contribution in [0.15, 0.2) is 18.3 Å². The first-order valence-corrected chi connectivity index (χ1v) is 8.91. The van der Waals surface area contributed by atoms with E-state index in [-0.39, 0.29) is 22.7 Å². The van der Waals surface area contributed by atoms with E-state index in [0.717, 1.165) is 47.6 Å². The van der Waals surface area contributed by atoms with Crippen molar-refractivity contribution in [3.8, 4) is 0 Å². The van der Waals surface area contributed by atoms with Gasteiger partial charge in [0, 0.05) is 35.8 Å². The van der Waals surface area contributed by atoms with Gasteiger partial charge >= 0.3 is 5.97 Å². The number of aromatic nitrogens is 2. The third kappa shape index (κ3) is 3.21. The summed E-state index contributed by atoms with van der Waals surface area (Å²) >= 11 is 1.14. The molecule has 6 nitrogen and oxygen atoms in total. The Hall–Kier alpha value is -2.15. The van der Waals surface area contributed by atoms with Crippen LogP contribution in [-0.2, 0) is 7.05 Å². The van der Waals surface area contributed by atoms with E-state index in [2.05, 4.69) is 10.4 Å². The molecule has 1 saturated carbocycles. The molecule has 1 fully saturated rings. The number of thiophene rings is 1. The summed E-state index contributed by atoms with van der Waals surface area (Å²) in [6.45, 7) is 1.78. The van der Waals surface area contributed by atoms with Crippen molar-refractivity contribution < 1.29 is 14.7 Å². The first-order valence-electron chi connectivity index (χ1n) is 8.10. The van der Waals surface area contributed by atoms with Crippen LogP contribution in [0.3, 0.4) is 0 Å². The van der Waals surface area contributed by atoms with Crippen molar-refractivity contribution in [3.63, 3.8) is 0 Å². The molecule has 1 amide bonds. The van der Waals surface area contributed by atoms with E-state index in [1.54, 1.807) is 13.1 Å². The highest BCUT2D eigenvalue weighted by atomic mass is 32.1. The highest BCUT2D eigenvalue weighted by molar-refractivity contribution is 7.14. The van der Waals surface area contributed by atoms with Crippen LogP contribution in [-0.4, -0.2) is 32.8 Å². The monoisotopic (exact) mass is 347 g/mol. The maximum atomic E-state index is 12.6. The Balaban J connectivity index is 1.79. The van der Waals surface area contributed by atoms with Crippen molar-refractivity contribution in [2.45, 2.75) is 44.6 Å². The zero-order valence-electron chi connectivity index (χ0n) is 13.8. The molecule has 0 bridgehead atoms. The maximum absolute atomic E-state index is 12.6. The molecule has 2 aromatic rings. The van der Waals surface area contributed by atoms with Gasteiger partial charge in [0.2, 0.25) is 0 Å². The summed E-state index contributed by atoms with van der Waals surface area (Å²) in [5, 5.41) is 16.5. The van der Waals surface area contributed by atoms with Gasteiger partial charge in [0.05, 0.1) is 5.56 Å². The van der Waals surface area contributed by atoms with E-state index < -0.39 is 5.97 Å². The average molecular weight is 347 g/mol. The minimum Gasteiger partial charge on any atom is -0.477 e. The Morgan fingerprint density at radius 2 is 2.12 bits per heavy atom. The Kier molecular flexibility index (Phi) is 4.71. The molecule has 0 spiro atoms. The van der Waals surface area contributed by atoms with Crippen molar-refractivity contribution in [1.29, 1.82) is 0 Å². The molecule has 7 heteroatoms. The lowest BCUT2D eigenvalue weighted by molar-refractivity contribution is 0.0702. The fourth-order valence-corrected chi connectivity index (χ4v) is 4.32. The smallest absolute Gasteiger partial charge is 0.345 e. The molecule has 0 radical (unpaired) electrons. The highest BCUT2D eigenvalue weighted by Gasteiger charge is 2.30. The Labute approximate surface area is 144 Å². The summed E-state index contributed by atoms with van der Waals surface area (Å²) in [5.74, 6) is -0.934. The predicted octanol–water partition coefficient (Wildman–Crippen LogP) is 2.94. The Morgan fingerprint density at radius 3 is 2.75 bits per heavy atom. The predicted molar refractivity (Wildman–Crippen MR) is 91.7 cm³/mol. The minimum absolute atomic E-state index is 0.0502. The zero-order chi connectivity index (χ0) is 17.3. The molecular weight excluding hydrogens is 326 g/mol. The van der Waals surface area contributed by atoms with Crippen LogP contribution < -0.4 is 5.32 Å². The lowest BCUT2D eigenvalue weighted by Gasteiger charge is -2.32. The number of carboxylic acids is 1. The van der Waals surface area contributed by atoms with Crippen molar-refractivity contribution in [2.24, 2.45) is 7.05 Å². The summed E-state index contributed by atoms with van der Waals surface area (Å²) in [6, 6.07) is 3.53. The van der Waals surface area contributed by atoms with E-state index in [1.807, 2.05) is 17.8 Å². The highest BCUT2D eigenvalue weighted by Crippen LogP contribution is 2.33. The van der Waals surface area contributed by atoms with Crippen molar-refractivity contribution >= 4 is 23.2 Å². The molecule has 2 aromatic heterocycles. The Bertz CT molecular complexity index is 765. The second-order valence-corrected chi connectivity index (χ2v) is 7.49. The van der Waals surface area contributed by atoms with E-state index >= 15 is 0 Å². The normalized spacial score (nSPS) is 20.8. The topological polar surface area (TPSA) is 84.2 Å². The first kappa shape index (κ1) is 16.7. The third-order valence-electron chi connectivity index (χ3n) is 4.69. The number of nitrogens with one attached hydrogen (secondary N) is 1. The van der Waals surface area contributed by atoms with Gasteiger partial charge in [-0.15, -0.1) is 11.3 Å². The van der Waals surface area contributed by atoms with Gasteiger partial charge in [-0.05, 0) is 31.9 Å². The molecule has 2 N–H and O–H groups in total. The number of carbonyl (C=O) groups is 2. The SMILES string of the molecule is Cc1sc(C(=O)O)cc1C(=O)N[C@@H]1CCCC[C@@H]1c1ccnn1C. The van der Waals surface area contributed by atoms with Gasteiger partial charge in [-0.1, -0.05) is 12.8 Å². The number of aryl methyl sites for hydroxylation is 2. The van der Waals surface area contributed by atoms with Gasteiger partial charge in [-0.25, -0.2) is 4.79 Å². The second kappa shape index (κ2) is 6.76. The lowest BCUT2D eigenvalue weighted by Crippen LogP contribution is -2.41. The zero-order valence-corrected chi connectivity index (χ0v) is 14.6. The van der Waals surface area contributed by atoms with Crippen LogP contribution in [0.5, 0.6) is 0 Å². The largest absolute Gasteiger partial charge is 0.477 e. The van der Waals surface area contributed by atoms with Crippen LogP contribution in [0.25, 0.3) is 0 Å². The number of hydrogen-bond donors (Lipinski definition) is 2. The molecule has 0 saturated heterocycles. The van der Waals surface area contributed by atoms with Crippen LogP contribution >= 0.6 is 11.3 Å². The van der Waals surface area contributed by atoms with Gasteiger partial charge in [0.1, 0.15) is 4.88 Å². The first-order chi connectivity index (χ1) is 11.5. The van der Waals surface area contributed by atoms with Crippen LogP contribution in [0.4, 0.5) is 0 Å². The standard InChI is InChI=1S/C17H21N3O3S/c1-10-12(9-15(24-10)17(22)23)16(21)19-13-6-4-3-5-11(13)14-7-8-18-20(14)2/h7-9,11,13H,3-6H2,1-2H3,(H,19,21)(H,22,23)/t11-,13+/m0/s1. The van der Waals surface area contributed by atoms with Crippen LogP contribution in [0.2, 0.25) is 0 Å². The number of aromatic carboxylic acids is 1. The summed E-state index contributed by atoms with van der Waals surface area (Å²) in [7, 11) is 1.92. The van der Waals surface area contributed by atoms with Crippen molar-refractivity contribution in [1.82, 2.24) is 15.1 Å². The molecule has 0 aliphatic heterocycles. The molecule has 1 aliphatic carbocycles. The number of carboxylic acid groups (broad SMARTS) is 1. The second-order valence-electron chi connectivity index (χ2n) is 6.24. The molecule has 0 unspecified atom stereocenters. The van der Waals surface area contributed by atoms with Gasteiger partial charge in [-0.3, -0.25) is 9.48 Å². The minimum atomic E-state index is -0.993. The van der Waals surface area contributed by atoms with Crippen LogP contribution in [0, 0.1) is 6.92 Å². The molecular formula is C17H21N3O3S. The molecule has 1 aliphatic rings. The molecule has 3 rings (SSSR count). The fraction of sp³-hybridized carbons (Fsp3) is 0.471. The van der Waals surface area contributed by atoms with Gasteiger partial charge in [-0.2, -0.15) is 5.10 Å². The number of hydrogen-bond acceptors (Lipinski definition) is 4. The Morgan fingerprint density at radius 1 is 1.38 bits per heavy atom. The quantitative estimate of drug-likeness (QED) is 0.890. The fourth-order valence-electron chi connectivity index (χ4n) is 3.46. The van der Waals surface area contributed by atoms with Crippen molar-refractivity contribution in [3.05, 3.63) is 39.3 Å². The summed E-state index contributed by atoms with van der Waals surface area (Å²) in [4.78, 5) is 24.7. The molecule has 128 valence electrons. The van der Waals surface area contributed by atoms with E-state index in [4.69, 9.17) is 5.11 Å². The van der Waals surface area contributed by atoms with Crippen molar-refractivity contribution in [2.75, 3.05) is 0 Å². The maximum Gasteiger partial charge on any atom is 0.345 e. The number of carbonyl (C=O) groups excluding carboxylic acids is 1. The van der Waals surface area contributed by atoms with Crippen LogP contribution in [0.1, 0.15) is 62.2 Å². The summed E-state index contributed by atoms with van der Waals surface area (Å²) in [5.41, 5.74) is 1.60. The number of rotatable bonds is 4. The molecule has 2 heterocycles. The molecule has 24 heavy (non-hydrogen) atoms. The van der Waals surface area contributed by atoms with Gasteiger partial charge < -0.3 is 10.4 Å². The summed E-state index contributed by atoms with van der Waals surface area (Å²) in [6.07, 6.45) is 5.96. The van der Waals surface area contributed by atoms with Gasteiger partial charge in [0.15, 0.2) is 0 Å². The average Bonchev–Trinajstić information content (AvgIpc) is 3.14. The van der Waals surface area contributed by atoms with Gasteiger partial charge in [0.25, 0.3) is 5.91 Å². The molecule has 0 aromatic carbocycles. The van der Waals surface area contributed by atoms with E-state index in [1.165, 1.54) is 6.07 Å². The van der Waals surface area contributed by atoms with E-state index in [9.17, 15) is 9.59 Å². The lowest BCUT2D eigenvalue weighted by atomic mass is 9.82. The summed E-state index contributed by atoms with van der Waals surface area (Å²) < 4.78 is 1.87. The molecule has 2 atom stereocenters. The number of amides is 1. The van der Waals surface area contributed by atoms with E-state index in [0.29, 0.717) is 5.56 Å². The third-order valence-corrected chi connectivity index (χ3v) is 5.73.